The minimum Gasteiger partial charge on any atom is -0.504 e. The van der Waals surface area contributed by atoms with Crippen molar-refractivity contribution >= 4 is 24.3 Å². The second kappa shape index (κ2) is 8.79. The predicted octanol–water partition coefficient (Wildman–Crippen LogP) is 3.54. The Kier molecular flexibility index (Phi) is 5.99. The third kappa shape index (κ3) is 5.04. The Labute approximate surface area is 167 Å². The molecule has 3 N–H and O–H groups in total. The van der Waals surface area contributed by atoms with E-state index in [1.165, 1.54) is 26.4 Å². The third-order valence-electron chi connectivity index (χ3n) is 4.09. The molecule has 0 aliphatic rings. The van der Waals surface area contributed by atoms with E-state index in [1.54, 1.807) is 54.6 Å². The Morgan fingerprint density at radius 1 is 0.828 bits per heavy atom. The molecule has 0 spiro atoms. The molecule has 7 heteroatoms. The van der Waals surface area contributed by atoms with Gasteiger partial charge in [-0.05, 0) is 53.6 Å². The fourth-order valence-corrected chi connectivity index (χ4v) is 2.63. The maximum absolute atomic E-state index is 11.9. The van der Waals surface area contributed by atoms with Gasteiger partial charge in [-0.3, -0.25) is 0 Å². The lowest BCUT2D eigenvalue weighted by Gasteiger charge is -2.04. The van der Waals surface area contributed by atoms with Crippen LogP contribution in [0.4, 0.5) is 0 Å². The maximum atomic E-state index is 11.9. The SMILES string of the molecule is COc1cc(C=Cc2cc(C=Cc3ccc(O)c(OC)c3)[nH]c(=O)n2)ccc1O. The van der Waals surface area contributed by atoms with Crippen LogP contribution in [0.3, 0.4) is 0 Å². The molecule has 0 aliphatic carbocycles. The average molecular weight is 392 g/mol. The molecule has 0 unspecified atom stereocenters. The lowest BCUT2D eigenvalue weighted by molar-refractivity contribution is 0.373. The van der Waals surface area contributed by atoms with Gasteiger partial charge in [-0.1, -0.05) is 24.3 Å². The van der Waals surface area contributed by atoms with Crippen LogP contribution in [0.15, 0.2) is 47.3 Å². The monoisotopic (exact) mass is 392 g/mol. The van der Waals surface area contributed by atoms with E-state index in [0.717, 1.165) is 11.1 Å². The summed E-state index contributed by atoms with van der Waals surface area (Å²) in [5, 5.41) is 19.3. The molecule has 148 valence electrons. The number of phenolic OH excluding ortho intramolecular Hbond substituents is 2. The van der Waals surface area contributed by atoms with Gasteiger partial charge < -0.3 is 24.7 Å². The van der Waals surface area contributed by atoms with E-state index in [4.69, 9.17) is 9.47 Å². The summed E-state index contributed by atoms with van der Waals surface area (Å²) < 4.78 is 10.2. The number of methoxy groups -OCH3 is 2. The molecule has 0 amide bonds. The fraction of sp³-hybridized carbons (Fsp3) is 0.0909. The average Bonchev–Trinajstić information content (AvgIpc) is 2.72. The molecule has 0 saturated heterocycles. The Hall–Kier alpha value is -4.00. The van der Waals surface area contributed by atoms with Gasteiger partial charge in [-0.25, -0.2) is 4.79 Å². The summed E-state index contributed by atoms with van der Waals surface area (Å²) in [6.45, 7) is 0. The van der Waals surface area contributed by atoms with Crippen LogP contribution in [-0.2, 0) is 0 Å². The molecule has 0 aliphatic heterocycles. The molecule has 7 nitrogen and oxygen atoms in total. The lowest BCUT2D eigenvalue weighted by Crippen LogP contribution is -2.12. The van der Waals surface area contributed by atoms with Crippen LogP contribution in [0.25, 0.3) is 24.3 Å². The number of nitrogens with one attached hydrogen (secondary N) is 1. The zero-order chi connectivity index (χ0) is 20.8. The second-order valence-corrected chi connectivity index (χ2v) is 6.10. The van der Waals surface area contributed by atoms with E-state index in [2.05, 4.69) is 9.97 Å². The molecule has 0 saturated carbocycles. The van der Waals surface area contributed by atoms with Gasteiger partial charge in [0.1, 0.15) is 0 Å². The van der Waals surface area contributed by atoms with E-state index in [0.29, 0.717) is 22.9 Å². The second-order valence-electron chi connectivity index (χ2n) is 6.10. The lowest BCUT2D eigenvalue weighted by atomic mass is 10.1. The van der Waals surface area contributed by atoms with Gasteiger partial charge >= 0.3 is 5.69 Å². The smallest absolute Gasteiger partial charge is 0.345 e. The largest absolute Gasteiger partial charge is 0.504 e. The molecule has 3 aromatic rings. The van der Waals surface area contributed by atoms with Gasteiger partial charge in [0.2, 0.25) is 0 Å². The number of aromatic hydroxyl groups is 2. The van der Waals surface area contributed by atoms with Crippen molar-refractivity contribution in [3.63, 3.8) is 0 Å². The number of rotatable bonds is 6. The summed E-state index contributed by atoms with van der Waals surface area (Å²) in [7, 11) is 2.95. The van der Waals surface area contributed by atoms with Crippen LogP contribution in [0.1, 0.15) is 22.5 Å². The molecule has 0 radical (unpaired) electrons. The summed E-state index contributed by atoms with van der Waals surface area (Å²) in [4.78, 5) is 18.5. The number of phenols is 2. The van der Waals surface area contributed by atoms with Gasteiger partial charge in [0.25, 0.3) is 0 Å². The summed E-state index contributed by atoms with van der Waals surface area (Å²) in [6, 6.07) is 11.6. The summed E-state index contributed by atoms with van der Waals surface area (Å²) >= 11 is 0. The molecule has 0 fully saturated rings. The first-order chi connectivity index (χ1) is 14.0. The van der Waals surface area contributed by atoms with Crippen molar-refractivity contribution in [2.45, 2.75) is 0 Å². The molecule has 29 heavy (non-hydrogen) atoms. The van der Waals surface area contributed by atoms with Crippen LogP contribution in [0, 0.1) is 0 Å². The van der Waals surface area contributed by atoms with Crippen molar-refractivity contribution in [1.82, 2.24) is 9.97 Å². The van der Waals surface area contributed by atoms with E-state index >= 15 is 0 Å². The Bertz CT molecular complexity index is 1050. The minimum absolute atomic E-state index is 0.0530. The zero-order valence-corrected chi connectivity index (χ0v) is 15.9. The number of nitrogens with zero attached hydrogens (tertiary/aromatic N) is 1. The standard InChI is InChI=1S/C22H20N2O5/c1-28-20-11-14(5-9-18(20)25)3-7-16-13-17(24-22(27)23-16)8-4-15-6-10-19(26)21(12-15)29-2/h3-13,25-26H,1-2H3,(H,23,24,27). The molecular weight excluding hydrogens is 372 g/mol. The van der Waals surface area contributed by atoms with Crippen LogP contribution in [-0.4, -0.2) is 34.4 Å². The molecule has 2 aromatic carbocycles. The minimum atomic E-state index is -0.474. The van der Waals surface area contributed by atoms with Crippen molar-refractivity contribution in [3.8, 4) is 23.0 Å². The number of H-pyrrole nitrogens is 1. The molecule has 0 bridgehead atoms. The van der Waals surface area contributed by atoms with Crippen LogP contribution in [0.2, 0.25) is 0 Å². The van der Waals surface area contributed by atoms with E-state index in [9.17, 15) is 15.0 Å². The highest BCUT2D eigenvalue weighted by Gasteiger charge is 2.02. The van der Waals surface area contributed by atoms with Gasteiger partial charge in [0.15, 0.2) is 23.0 Å². The number of ether oxygens (including phenoxy) is 2. The number of hydrogen-bond donors (Lipinski definition) is 3. The highest BCUT2D eigenvalue weighted by molar-refractivity contribution is 5.73. The van der Waals surface area contributed by atoms with E-state index in [-0.39, 0.29) is 11.5 Å². The number of benzene rings is 2. The topological polar surface area (TPSA) is 105 Å². The number of hydrogen-bond acceptors (Lipinski definition) is 6. The highest BCUT2D eigenvalue weighted by Crippen LogP contribution is 2.28. The summed E-state index contributed by atoms with van der Waals surface area (Å²) in [5.74, 6) is 0.833. The Balaban J connectivity index is 1.84. The van der Waals surface area contributed by atoms with Crippen molar-refractivity contribution < 1.29 is 19.7 Å². The summed E-state index contributed by atoms with van der Waals surface area (Å²) in [5.41, 5.74) is 2.16. The predicted molar refractivity (Wildman–Crippen MR) is 112 cm³/mol. The van der Waals surface area contributed by atoms with Crippen LogP contribution >= 0.6 is 0 Å². The van der Waals surface area contributed by atoms with Crippen molar-refractivity contribution in [1.29, 1.82) is 0 Å². The first-order valence-electron chi connectivity index (χ1n) is 8.70. The summed E-state index contributed by atoms with van der Waals surface area (Å²) in [6.07, 6.45) is 6.98. The zero-order valence-electron chi connectivity index (χ0n) is 15.9. The normalized spacial score (nSPS) is 11.2. The first kappa shape index (κ1) is 19.8. The fourth-order valence-electron chi connectivity index (χ4n) is 2.63. The van der Waals surface area contributed by atoms with Gasteiger partial charge in [0.05, 0.1) is 19.9 Å². The van der Waals surface area contributed by atoms with Crippen molar-refractivity contribution in [2.24, 2.45) is 0 Å². The molecule has 3 rings (SSSR count). The molecule has 0 atom stereocenters. The van der Waals surface area contributed by atoms with Crippen molar-refractivity contribution in [3.05, 3.63) is 75.5 Å². The Morgan fingerprint density at radius 3 is 1.93 bits per heavy atom. The number of aromatic amines is 1. The number of aromatic nitrogens is 2. The van der Waals surface area contributed by atoms with E-state index < -0.39 is 5.69 Å². The van der Waals surface area contributed by atoms with Crippen LogP contribution < -0.4 is 15.2 Å². The van der Waals surface area contributed by atoms with Crippen LogP contribution in [0.5, 0.6) is 23.0 Å². The van der Waals surface area contributed by atoms with Gasteiger partial charge in [-0.2, -0.15) is 4.98 Å². The van der Waals surface area contributed by atoms with Gasteiger partial charge in [0, 0.05) is 5.69 Å². The highest BCUT2D eigenvalue weighted by atomic mass is 16.5. The Morgan fingerprint density at radius 2 is 1.38 bits per heavy atom. The maximum Gasteiger partial charge on any atom is 0.345 e. The molecule has 1 aromatic heterocycles. The van der Waals surface area contributed by atoms with E-state index in [1.807, 2.05) is 0 Å². The quantitative estimate of drug-likeness (QED) is 0.593. The van der Waals surface area contributed by atoms with Gasteiger partial charge in [-0.15, -0.1) is 0 Å². The molecular formula is C22H20N2O5. The third-order valence-corrected chi connectivity index (χ3v) is 4.09. The first-order valence-corrected chi connectivity index (χ1v) is 8.70. The van der Waals surface area contributed by atoms with Crippen molar-refractivity contribution in [2.75, 3.05) is 14.2 Å². The molecule has 1 heterocycles.